The number of nitrogens with one attached hydrogen (secondary N) is 1. The van der Waals surface area contributed by atoms with Crippen LogP contribution in [0.2, 0.25) is 0 Å². The fourth-order valence-corrected chi connectivity index (χ4v) is 3.09. The molecule has 0 saturated heterocycles. The Morgan fingerprint density at radius 2 is 1.64 bits per heavy atom. The van der Waals surface area contributed by atoms with Crippen molar-refractivity contribution in [3.63, 3.8) is 0 Å². The highest BCUT2D eigenvalue weighted by Gasteiger charge is 2.17. The molecule has 0 heterocycles. The van der Waals surface area contributed by atoms with Crippen LogP contribution >= 0.6 is 15.9 Å². The van der Waals surface area contributed by atoms with Gasteiger partial charge in [-0.2, -0.15) is 0 Å². The Bertz CT molecular complexity index is 694. The van der Waals surface area contributed by atoms with Crippen LogP contribution in [-0.4, -0.2) is 18.1 Å². The third kappa shape index (κ3) is 5.23. The standard InChI is InChI=1S/C20H22BrNO3/c1-14(24-18-10-6-15(21)7-11-18)20(23)22-16-8-12-19(13-9-16)25-17-4-2-3-5-17/h6-14,17H,2-5H2,1H3,(H,22,23). The topological polar surface area (TPSA) is 47.6 Å². The maximum absolute atomic E-state index is 12.3. The first-order valence-corrected chi connectivity index (χ1v) is 9.39. The van der Waals surface area contributed by atoms with Gasteiger partial charge in [0.2, 0.25) is 0 Å². The van der Waals surface area contributed by atoms with E-state index in [1.807, 2.05) is 48.5 Å². The molecule has 2 aromatic rings. The number of ether oxygens (including phenoxy) is 2. The van der Waals surface area contributed by atoms with E-state index in [9.17, 15) is 4.79 Å². The monoisotopic (exact) mass is 403 g/mol. The smallest absolute Gasteiger partial charge is 0.265 e. The van der Waals surface area contributed by atoms with Gasteiger partial charge in [0, 0.05) is 10.2 Å². The van der Waals surface area contributed by atoms with Gasteiger partial charge in [-0.3, -0.25) is 4.79 Å². The average Bonchev–Trinajstić information content (AvgIpc) is 3.11. The predicted molar refractivity (Wildman–Crippen MR) is 102 cm³/mol. The minimum Gasteiger partial charge on any atom is -0.490 e. The molecule has 0 aromatic heterocycles. The van der Waals surface area contributed by atoms with Crippen molar-refractivity contribution < 1.29 is 14.3 Å². The molecule has 0 bridgehead atoms. The van der Waals surface area contributed by atoms with E-state index in [2.05, 4.69) is 21.2 Å². The molecule has 5 heteroatoms. The minimum atomic E-state index is -0.587. The van der Waals surface area contributed by atoms with Gasteiger partial charge in [0.15, 0.2) is 6.10 Å². The maximum Gasteiger partial charge on any atom is 0.265 e. The number of carbonyl (C=O) groups is 1. The number of hydrogen-bond donors (Lipinski definition) is 1. The number of halogens is 1. The van der Waals surface area contributed by atoms with E-state index in [1.165, 1.54) is 12.8 Å². The summed E-state index contributed by atoms with van der Waals surface area (Å²) in [7, 11) is 0. The van der Waals surface area contributed by atoms with Crippen molar-refractivity contribution in [1.82, 2.24) is 0 Å². The van der Waals surface area contributed by atoms with Crippen LogP contribution in [0.15, 0.2) is 53.0 Å². The van der Waals surface area contributed by atoms with Gasteiger partial charge >= 0.3 is 0 Å². The molecule has 1 fully saturated rings. The summed E-state index contributed by atoms with van der Waals surface area (Å²) in [6, 6.07) is 14.9. The van der Waals surface area contributed by atoms with Gasteiger partial charge in [-0.15, -0.1) is 0 Å². The highest BCUT2D eigenvalue weighted by molar-refractivity contribution is 9.10. The largest absolute Gasteiger partial charge is 0.490 e. The number of carbonyl (C=O) groups excluding carboxylic acids is 1. The first kappa shape index (κ1) is 17.8. The fourth-order valence-electron chi connectivity index (χ4n) is 2.83. The van der Waals surface area contributed by atoms with Gasteiger partial charge in [-0.1, -0.05) is 15.9 Å². The molecule has 1 aliphatic rings. The van der Waals surface area contributed by atoms with Gasteiger partial charge in [0.1, 0.15) is 11.5 Å². The van der Waals surface area contributed by atoms with Crippen molar-refractivity contribution in [2.24, 2.45) is 0 Å². The highest BCUT2D eigenvalue weighted by Crippen LogP contribution is 2.25. The van der Waals surface area contributed by atoms with Crippen LogP contribution in [-0.2, 0) is 4.79 Å². The van der Waals surface area contributed by atoms with Gasteiger partial charge in [-0.25, -0.2) is 0 Å². The molecule has 2 aromatic carbocycles. The molecular weight excluding hydrogens is 382 g/mol. The van der Waals surface area contributed by atoms with Gasteiger partial charge in [0.25, 0.3) is 5.91 Å². The molecule has 0 radical (unpaired) electrons. The third-order valence-electron chi connectivity index (χ3n) is 4.22. The molecule has 1 unspecified atom stereocenters. The number of anilines is 1. The molecule has 3 rings (SSSR count). The molecular formula is C20H22BrNO3. The van der Waals surface area contributed by atoms with Crippen molar-refractivity contribution in [2.75, 3.05) is 5.32 Å². The Hall–Kier alpha value is -2.01. The number of amides is 1. The van der Waals surface area contributed by atoms with Crippen LogP contribution in [0.25, 0.3) is 0 Å². The predicted octanol–water partition coefficient (Wildman–Crippen LogP) is 5.18. The fraction of sp³-hybridized carbons (Fsp3) is 0.350. The molecule has 0 spiro atoms. The summed E-state index contributed by atoms with van der Waals surface area (Å²) >= 11 is 3.37. The van der Waals surface area contributed by atoms with E-state index >= 15 is 0 Å². The lowest BCUT2D eigenvalue weighted by Crippen LogP contribution is -2.30. The molecule has 1 atom stereocenters. The lowest BCUT2D eigenvalue weighted by Gasteiger charge is -2.16. The van der Waals surface area contributed by atoms with Crippen LogP contribution in [0.1, 0.15) is 32.6 Å². The Labute approximate surface area is 156 Å². The normalized spacial score (nSPS) is 15.6. The molecule has 1 saturated carbocycles. The highest BCUT2D eigenvalue weighted by atomic mass is 79.9. The quantitative estimate of drug-likeness (QED) is 0.722. The zero-order valence-electron chi connectivity index (χ0n) is 14.2. The van der Waals surface area contributed by atoms with E-state index in [4.69, 9.17) is 9.47 Å². The maximum atomic E-state index is 12.3. The second-order valence-electron chi connectivity index (χ2n) is 6.25. The van der Waals surface area contributed by atoms with Crippen molar-refractivity contribution in [2.45, 2.75) is 44.8 Å². The lowest BCUT2D eigenvalue weighted by molar-refractivity contribution is -0.122. The average molecular weight is 404 g/mol. The van der Waals surface area contributed by atoms with Gasteiger partial charge in [0.05, 0.1) is 6.10 Å². The van der Waals surface area contributed by atoms with E-state index in [1.54, 1.807) is 6.92 Å². The number of benzene rings is 2. The summed E-state index contributed by atoms with van der Waals surface area (Å²) in [6.07, 6.45) is 4.49. The van der Waals surface area contributed by atoms with Crippen molar-refractivity contribution in [1.29, 1.82) is 0 Å². The van der Waals surface area contributed by atoms with E-state index in [0.717, 1.165) is 28.8 Å². The lowest BCUT2D eigenvalue weighted by atomic mass is 10.2. The Morgan fingerprint density at radius 3 is 2.28 bits per heavy atom. The molecule has 1 N–H and O–H groups in total. The van der Waals surface area contributed by atoms with Crippen molar-refractivity contribution >= 4 is 27.5 Å². The molecule has 132 valence electrons. The Balaban J connectivity index is 1.51. The van der Waals surface area contributed by atoms with Gasteiger partial charge < -0.3 is 14.8 Å². The van der Waals surface area contributed by atoms with E-state index in [-0.39, 0.29) is 5.91 Å². The molecule has 1 amide bonds. The molecule has 0 aliphatic heterocycles. The summed E-state index contributed by atoms with van der Waals surface area (Å²) < 4.78 is 12.6. The van der Waals surface area contributed by atoms with Crippen LogP contribution in [0, 0.1) is 0 Å². The van der Waals surface area contributed by atoms with Gasteiger partial charge in [-0.05, 0) is 81.1 Å². The van der Waals surface area contributed by atoms with Crippen LogP contribution in [0.4, 0.5) is 5.69 Å². The Kier molecular flexibility index (Phi) is 5.97. The summed E-state index contributed by atoms with van der Waals surface area (Å²) in [5.74, 6) is 1.32. The second-order valence-corrected chi connectivity index (χ2v) is 7.17. The first-order valence-electron chi connectivity index (χ1n) is 8.60. The zero-order chi connectivity index (χ0) is 17.6. The van der Waals surface area contributed by atoms with Crippen LogP contribution in [0.3, 0.4) is 0 Å². The SMILES string of the molecule is CC(Oc1ccc(Br)cc1)C(=O)Nc1ccc(OC2CCCC2)cc1. The summed E-state index contributed by atoms with van der Waals surface area (Å²) in [6.45, 7) is 1.73. The van der Waals surface area contributed by atoms with Crippen molar-refractivity contribution in [3.05, 3.63) is 53.0 Å². The van der Waals surface area contributed by atoms with Crippen molar-refractivity contribution in [3.8, 4) is 11.5 Å². The Morgan fingerprint density at radius 1 is 1.04 bits per heavy atom. The third-order valence-corrected chi connectivity index (χ3v) is 4.75. The summed E-state index contributed by atoms with van der Waals surface area (Å²) in [5, 5.41) is 2.87. The molecule has 25 heavy (non-hydrogen) atoms. The number of rotatable bonds is 6. The van der Waals surface area contributed by atoms with Crippen LogP contribution < -0.4 is 14.8 Å². The first-order chi connectivity index (χ1) is 12.1. The molecule has 1 aliphatic carbocycles. The second kappa shape index (κ2) is 8.39. The minimum absolute atomic E-state index is 0.188. The zero-order valence-corrected chi connectivity index (χ0v) is 15.8. The number of hydrogen-bond acceptors (Lipinski definition) is 3. The van der Waals surface area contributed by atoms with Crippen LogP contribution in [0.5, 0.6) is 11.5 Å². The summed E-state index contributed by atoms with van der Waals surface area (Å²) in [5.41, 5.74) is 0.732. The summed E-state index contributed by atoms with van der Waals surface area (Å²) in [4.78, 5) is 12.3. The molecule has 4 nitrogen and oxygen atoms in total. The van der Waals surface area contributed by atoms with E-state index < -0.39 is 6.10 Å². The van der Waals surface area contributed by atoms with E-state index in [0.29, 0.717) is 11.9 Å².